The first-order valence-corrected chi connectivity index (χ1v) is 7.98. The van der Waals surface area contributed by atoms with Crippen molar-refractivity contribution in [2.45, 2.75) is 33.2 Å². The number of carbonyl (C=O) groups excluding carboxylic acids is 1. The van der Waals surface area contributed by atoms with Gasteiger partial charge in [0.25, 0.3) is 0 Å². The maximum Gasteiger partial charge on any atom is 0.242 e. The molecule has 2 N–H and O–H groups in total. The molecule has 1 unspecified atom stereocenters. The largest absolute Gasteiger partial charge is 0.341 e. The van der Waals surface area contributed by atoms with Gasteiger partial charge in [-0.05, 0) is 30.5 Å². The highest BCUT2D eigenvalue weighted by Crippen LogP contribution is 2.29. The highest BCUT2D eigenvalue weighted by molar-refractivity contribution is 5.81. The van der Waals surface area contributed by atoms with E-state index in [9.17, 15) is 4.79 Å². The SMILES string of the molecule is CCc1nc2ccccc2n1CC(=O)N1CCC(C)(CN)C1. The second-order valence-corrected chi connectivity index (χ2v) is 6.54. The lowest BCUT2D eigenvalue weighted by molar-refractivity contribution is -0.131. The van der Waals surface area contributed by atoms with E-state index in [4.69, 9.17) is 5.73 Å². The monoisotopic (exact) mass is 300 g/mol. The van der Waals surface area contributed by atoms with Crippen molar-refractivity contribution in [1.82, 2.24) is 14.5 Å². The number of nitrogens with two attached hydrogens (primary N) is 1. The van der Waals surface area contributed by atoms with E-state index >= 15 is 0 Å². The lowest BCUT2D eigenvalue weighted by atomic mass is 9.90. The van der Waals surface area contributed by atoms with Crippen molar-refractivity contribution in [2.24, 2.45) is 11.1 Å². The number of benzene rings is 1. The summed E-state index contributed by atoms with van der Waals surface area (Å²) in [5, 5.41) is 0. The fraction of sp³-hybridized carbons (Fsp3) is 0.529. The second-order valence-electron chi connectivity index (χ2n) is 6.54. The van der Waals surface area contributed by atoms with Crippen molar-refractivity contribution in [3.8, 4) is 0 Å². The van der Waals surface area contributed by atoms with Crippen molar-refractivity contribution in [3.63, 3.8) is 0 Å². The van der Waals surface area contributed by atoms with Crippen LogP contribution in [0.2, 0.25) is 0 Å². The Morgan fingerprint density at radius 2 is 2.18 bits per heavy atom. The molecule has 0 spiro atoms. The molecular weight excluding hydrogens is 276 g/mol. The van der Waals surface area contributed by atoms with Gasteiger partial charge in [-0.2, -0.15) is 0 Å². The zero-order valence-corrected chi connectivity index (χ0v) is 13.4. The molecule has 22 heavy (non-hydrogen) atoms. The number of imidazole rings is 1. The van der Waals surface area contributed by atoms with Gasteiger partial charge in [-0.25, -0.2) is 4.98 Å². The standard InChI is InChI=1S/C17H24N4O/c1-3-15-19-13-6-4-5-7-14(13)21(15)10-16(22)20-9-8-17(2,11-18)12-20/h4-7H,3,8-12,18H2,1-2H3. The molecule has 1 atom stereocenters. The minimum Gasteiger partial charge on any atom is -0.341 e. The van der Waals surface area contributed by atoms with Crippen LogP contribution in [-0.4, -0.2) is 40.0 Å². The van der Waals surface area contributed by atoms with Gasteiger partial charge in [-0.1, -0.05) is 26.0 Å². The fourth-order valence-corrected chi connectivity index (χ4v) is 3.21. The van der Waals surface area contributed by atoms with E-state index in [0.717, 1.165) is 42.8 Å². The van der Waals surface area contributed by atoms with Gasteiger partial charge in [0, 0.05) is 19.5 Å². The predicted molar refractivity (Wildman–Crippen MR) is 87.5 cm³/mol. The number of aryl methyl sites for hydroxylation is 1. The smallest absolute Gasteiger partial charge is 0.242 e. The van der Waals surface area contributed by atoms with E-state index in [1.165, 1.54) is 0 Å². The Labute approximate surface area is 131 Å². The average molecular weight is 300 g/mol. The highest BCUT2D eigenvalue weighted by Gasteiger charge is 2.34. The molecule has 2 heterocycles. The number of nitrogens with zero attached hydrogens (tertiary/aromatic N) is 3. The molecule has 1 fully saturated rings. The van der Waals surface area contributed by atoms with Gasteiger partial charge in [0.2, 0.25) is 5.91 Å². The van der Waals surface area contributed by atoms with Gasteiger partial charge >= 0.3 is 0 Å². The van der Waals surface area contributed by atoms with Crippen LogP contribution >= 0.6 is 0 Å². The molecule has 118 valence electrons. The van der Waals surface area contributed by atoms with Gasteiger partial charge in [-0.15, -0.1) is 0 Å². The Morgan fingerprint density at radius 3 is 2.86 bits per heavy atom. The van der Waals surface area contributed by atoms with Crippen LogP contribution < -0.4 is 5.73 Å². The average Bonchev–Trinajstić information content (AvgIpc) is 3.09. The lowest BCUT2D eigenvalue weighted by Gasteiger charge is -2.23. The zero-order chi connectivity index (χ0) is 15.7. The summed E-state index contributed by atoms with van der Waals surface area (Å²) >= 11 is 0. The molecule has 0 bridgehead atoms. The van der Waals surface area contributed by atoms with Crippen LogP contribution in [0.3, 0.4) is 0 Å². The number of aromatic nitrogens is 2. The van der Waals surface area contributed by atoms with E-state index < -0.39 is 0 Å². The third-order valence-corrected chi connectivity index (χ3v) is 4.75. The minimum atomic E-state index is 0.0697. The Bertz CT molecular complexity index is 693. The molecule has 1 aromatic heterocycles. The number of hydrogen-bond acceptors (Lipinski definition) is 3. The number of likely N-dealkylation sites (tertiary alicyclic amines) is 1. The van der Waals surface area contributed by atoms with E-state index in [0.29, 0.717) is 13.1 Å². The number of para-hydroxylation sites is 2. The molecule has 3 rings (SSSR count). The van der Waals surface area contributed by atoms with Crippen molar-refractivity contribution in [1.29, 1.82) is 0 Å². The third kappa shape index (κ3) is 2.61. The molecule has 0 radical (unpaired) electrons. The Morgan fingerprint density at radius 1 is 1.41 bits per heavy atom. The van der Waals surface area contributed by atoms with Crippen molar-refractivity contribution >= 4 is 16.9 Å². The fourth-order valence-electron chi connectivity index (χ4n) is 3.21. The predicted octanol–water partition coefficient (Wildman–Crippen LogP) is 1.80. The van der Waals surface area contributed by atoms with Gasteiger partial charge < -0.3 is 15.2 Å². The zero-order valence-electron chi connectivity index (χ0n) is 13.4. The molecule has 5 heteroatoms. The Balaban J connectivity index is 1.83. The highest BCUT2D eigenvalue weighted by atomic mass is 16.2. The molecular formula is C17H24N4O. The molecule has 1 aliphatic heterocycles. The van der Waals surface area contributed by atoms with Crippen LogP contribution in [0.15, 0.2) is 24.3 Å². The van der Waals surface area contributed by atoms with Gasteiger partial charge in [0.05, 0.1) is 11.0 Å². The summed E-state index contributed by atoms with van der Waals surface area (Å²) in [5.74, 6) is 1.13. The van der Waals surface area contributed by atoms with Crippen LogP contribution in [0.1, 0.15) is 26.1 Å². The summed E-state index contributed by atoms with van der Waals surface area (Å²) in [7, 11) is 0. The van der Waals surface area contributed by atoms with Crippen LogP contribution in [0.25, 0.3) is 11.0 Å². The third-order valence-electron chi connectivity index (χ3n) is 4.75. The van der Waals surface area contributed by atoms with Gasteiger partial charge in [0.15, 0.2) is 0 Å². The minimum absolute atomic E-state index is 0.0697. The summed E-state index contributed by atoms with van der Waals surface area (Å²) in [6, 6.07) is 8.00. The van der Waals surface area contributed by atoms with Crippen LogP contribution in [0.5, 0.6) is 0 Å². The van der Waals surface area contributed by atoms with Crippen molar-refractivity contribution < 1.29 is 4.79 Å². The van der Waals surface area contributed by atoms with E-state index in [2.05, 4.69) is 23.4 Å². The van der Waals surface area contributed by atoms with Crippen LogP contribution in [-0.2, 0) is 17.8 Å². The summed E-state index contributed by atoms with van der Waals surface area (Å²) in [6.07, 6.45) is 1.81. The number of hydrogen-bond donors (Lipinski definition) is 1. The maximum absolute atomic E-state index is 12.7. The maximum atomic E-state index is 12.7. The summed E-state index contributed by atoms with van der Waals surface area (Å²) in [6.45, 7) is 6.79. The van der Waals surface area contributed by atoms with E-state index in [1.54, 1.807) is 0 Å². The van der Waals surface area contributed by atoms with Crippen LogP contribution in [0, 0.1) is 5.41 Å². The summed E-state index contributed by atoms with van der Waals surface area (Å²) in [4.78, 5) is 19.2. The molecule has 1 aromatic carbocycles. The molecule has 1 saturated heterocycles. The first-order chi connectivity index (χ1) is 10.6. The molecule has 0 saturated carbocycles. The molecule has 1 amide bonds. The Hall–Kier alpha value is -1.88. The molecule has 5 nitrogen and oxygen atoms in total. The van der Waals surface area contributed by atoms with Crippen molar-refractivity contribution in [3.05, 3.63) is 30.1 Å². The van der Waals surface area contributed by atoms with Crippen molar-refractivity contribution in [2.75, 3.05) is 19.6 Å². The first kappa shape index (κ1) is 15.0. The normalized spacial score (nSPS) is 21.7. The number of fused-ring (bicyclic) bond motifs is 1. The van der Waals surface area contributed by atoms with Gasteiger partial charge in [0.1, 0.15) is 12.4 Å². The lowest BCUT2D eigenvalue weighted by Crippen LogP contribution is -2.36. The number of carbonyl (C=O) groups is 1. The van der Waals surface area contributed by atoms with E-state index in [-0.39, 0.29) is 11.3 Å². The second kappa shape index (κ2) is 5.72. The Kier molecular flexibility index (Phi) is 3.91. The summed E-state index contributed by atoms with van der Waals surface area (Å²) in [5.41, 5.74) is 7.90. The van der Waals surface area contributed by atoms with E-state index in [1.807, 2.05) is 29.2 Å². The first-order valence-electron chi connectivity index (χ1n) is 7.98. The number of rotatable bonds is 4. The van der Waals surface area contributed by atoms with Crippen LogP contribution in [0.4, 0.5) is 0 Å². The molecule has 1 aliphatic rings. The molecule has 0 aliphatic carbocycles. The number of amides is 1. The topological polar surface area (TPSA) is 64.2 Å². The summed E-state index contributed by atoms with van der Waals surface area (Å²) < 4.78 is 2.05. The van der Waals surface area contributed by atoms with Gasteiger partial charge in [-0.3, -0.25) is 4.79 Å². The molecule has 2 aromatic rings. The quantitative estimate of drug-likeness (QED) is 0.936.